The summed E-state index contributed by atoms with van der Waals surface area (Å²) in [5.74, 6) is 1.76. The highest BCUT2D eigenvalue weighted by atomic mass is 32.2. The second kappa shape index (κ2) is 7.37. The molecule has 2 N–H and O–H groups in total. The van der Waals surface area contributed by atoms with Crippen molar-refractivity contribution in [2.24, 2.45) is 0 Å². The highest BCUT2D eigenvalue weighted by Crippen LogP contribution is 2.18. The van der Waals surface area contributed by atoms with E-state index in [-0.39, 0.29) is 18.1 Å². The van der Waals surface area contributed by atoms with Gasteiger partial charge in [-0.25, -0.2) is 0 Å². The van der Waals surface area contributed by atoms with Crippen LogP contribution in [0.25, 0.3) is 0 Å². The van der Waals surface area contributed by atoms with E-state index in [1.165, 1.54) is 0 Å². The molecule has 0 saturated heterocycles. The highest BCUT2D eigenvalue weighted by Gasteiger charge is 2.17. The lowest BCUT2D eigenvalue weighted by Crippen LogP contribution is -2.34. The van der Waals surface area contributed by atoms with Gasteiger partial charge in [0.25, 0.3) is 0 Å². The van der Waals surface area contributed by atoms with Crippen LogP contribution in [0, 0.1) is 0 Å². The predicted molar refractivity (Wildman–Crippen MR) is 80.9 cm³/mol. The summed E-state index contributed by atoms with van der Waals surface area (Å²) in [4.78, 5) is 14.5. The lowest BCUT2D eigenvalue weighted by Gasteiger charge is -2.26. The van der Waals surface area contributed by atoms with Crippen LogP contribution in [0.15, 0.2) is 0 Å². The topological polar surface area (TPSA) is 77.2 Å². The average Bonchev–Trinajstić information content (AvgIpc) is 2.33. The molecule has 1 atom stereocenters. The van der Waals surface area contributed by atoms with Crippen LogP contribution < -0.4 is 15.4 Å². The number of ether oxygens (including phenoxy) is 1. The normalized spacial score (nSPS) is 12.5. The molecule has 1 unspecified atom stereocenters. The molecule has 0 fully saturated rings. The number of hydrogen-bond acceptors (Lipinski definition) is 7. The minimum absolute atomic E-state index is 0.00752. The maximum atomic E-state index is 5.71. The van der Waals surface area contributed by atoms with Crippen LogP contribution in [0.3, 0.4) is 0 Å². The van der Waals surface area contributed by atoms with E-state index in [2.05, 4.69) is 28.1 Å². The third-order valence-corrected chi connectivity index (χ3v) is 3.37. The van der Waals surface area contributed by atoms with E-state index >= 15 is 0 Å². The minimum Gasteiger partial charge on any atom is -0.461 e. The predicted octanol–water partition coefficient (Wildman–Crippen LogP) is 1.82. The van der Waals surface area contributed by atoms with Crippen molar-refractivity contribution in [3.8, 4) is 6.01 Å². The zero-order valence-corrected chi connectivity index (χ0v) is 13.1. The molecule has 1 aromatic rings. The average molecular weight is 285 g/mol. The van der Waals surface area contributed by atoms with E-state index < -0.39 is 0 Å². The molecular formula is C12H23N5OS. The Labute approximate surface area is 119 Å². The van der Waals surface area contributed by atoms with Crippen LogP contribution in [-0.4, -0.2) is 46.2 Å². The highest BCUT2D eigenvalue weighted by molar-refractivity contribution is 7.98. The maximum Gasteiger partial charge on any atom is 0.323 e. The lowest BCUT2D eigenvalue weighted by molar-refractivity contribution is 0.222. The molecule has 0 bridgehead atoms. The molecule has 7 heteroatoms. The van der Waals surface area contributed by atoms with Crippen molar-refractivity contribution in [2.45, 2.75) is 39.3 Å². The van der Waals surface area contributed by atoms with Gasteiger partial charge in [0.05, 0.1) is 6.10 Å². The molecule has 0 saturated carbocycles. The SMILES string of the molecule is CCC(CSC)N(C)c1nc(N)nc(OC(C)C)n1. The summed E-state index contributed by atoms with van der Waals surface area (Å²) in [6, 6.07) is 0.645. The molecule has 19 heavy (non-hydrogen) atoms. The van der Waals surface area contributed by atoms with Gasteiger partial charge in [-0.1, -0.05) is 6.92 Å². The molecule has 0 amide bonds. The Balaban J connectivity index is 2.95. The fourth-order valence-corrected chi connectivity index (χ4v) is 2.49. The van der Waals surface area contributed by atoms with Crippen LogP contribution in [0.4, 0.5) is 11.9 Å². The molecule has 0 aliphatic rings. The Morgan fingerprint density at radius 2 is 2.00 bits per heavy atom. The van der Waals surface area contributed by atoms with Crippen LogP contribution in [0.1, 0.15) is 27.2 Å². The first-order chi connectivity index (χ1) is 8.97. The number of nitrogen functional groups attached to an aromatic ring is 1. The van der Waals surface area contributed by atoms with Crippen molar-refractivity contribution in [3.05, 3.63) is 0 Å². The van der Waals surface area contributed by atoms with Gasteiger partial charge in [-0.2, -0.15) is 26.7 Å². The molecule has 0 aromatic carbocycles. The van der Waals surface area contributed by atoms with Gasteiger partial charge in [0.2, 0.25) is 11.9 Å². The van der Waals surface area contributed by atoms with Gasteiger partial charge in [-0.15, -0.1) is 0 Å². The zero-order chi connectivity index (χ0) is 14.4. The van der Waals surface area contributed by atoms with Crippen molar-refractivity contribution < 1.29 is 4.74 Å². The van der Waals surface area contributed by atoms with Crippen molar-refractivity contribution in [3.63, 3.8) is 0 Å². The van der Waals surface area contributed by atoms with Crippen molar-refractivity contribution >= 4 is 23.7 Å². The number of nitrogens with two attached hydrogens (primary N) is 1. The summed E-state index contributed by atoms with van der Waals surface area (Å²) in [5, 5.41) is 0. The maximum absolute atomic E-state index is 5.71. The first kappa shape index (κ1) is 15.8. The van der Waals surface area contributed by atoms with Gasteiger partial charge < -0.3 is 15.4 Å². The minimum atomic E-state index is 0.00752. The fourth-order valence-electron chi connectivity index (χ4n) is 1.64. The third-order valence-electron chi connectivity index (χ3n) is 2.65. The number of thioether (sulfide) groups is 1. The van der Waals surface area contributed by atoms with Crippen molar-refractivity contribution in [1.82, 2.24) is 15.0 Å². The molecule has 6 nitrogen and oxygen atoms in total. The van der Waals surface area contributed by atoms with Crippen LogP contribution in [-0.2, 0) is 0 Å². The van der Waals surface area contributed by atoms with E-state index in [0.29, 0.717) is 12.0 Å². The summed E-state index contributed by atoms with van der Waals surface area (Å²) in [6.07, 6.45) is 3.11. The van der Waals surface area contributed by atoms with E-state index in [0.717, 1.165) is 12.2 Å². The summed E-state index contributed by atoms with van der Waals surface area (Å²) in [7, 11) is 1.97. The third kappa shape index (κ3) is 4.74. The van der Waals surface area contributed by atoms with Crippen LogP contribution in [0.2, 0.25) is 0 Å². The van der Waals surface area contributed by atoms with Gasteiger partial charge >= 0.3 is 6.01 Å². The van der Waals surface area contributed by atoms with Gasteiger partial charge in [0.1, 0.15) is 0 Å². The number of rotatable bonds is 7. The molecule has 108 valence electrons. The summed E-state index contributed by atoms with van der Waals surface area (Å²) < 4.78 is 5.49. The molecule has 1 heterocycles. The van der Waals surface area contributed by atoms with E-state index in [4.69, 9.17) is 10.5 Å². The Morgan fingerprint density at radius 3 is 2.53 bits per heavy atom. The number of aromatic nitrogens is 3. The second-order valence-electron chi connectivity index (χ2n) is 4.57. The molecule has 0 spiro atoms. The van der Waals surface area contributed by atoms with E-state index in [9.17, 15) is 0 Å². The second-order valence-corrected chi connectivity index (χ2v) is 5.48. The molecular weight excluding hydrogens is 262 g/mol. The summed E-state index contributed by atoms with van der Waals surface area (Å²) in [6.45, 7) is 5.99. The molecule has 0 aliphatic carbocycles. The number of anilines is 2. The van der Waals surface area contributed by atoms with Gasteiger partial charge in [0, 0.05) is 18.8 Å². The van der Waals surface area contributed by atoms with Crippen molar-refractivity contribution in [2.75, 3.05) is 29.7 Å². The first-order valence-corrected chi connectivity index (χ1v) is 7.77. The summed E-state index contributed by atoms with van der Waals surface area (Å²) in [5.41, 5.74) is 5.71. The number of nitrogens with zero attached hydrogens (tertiary/aromatic N) is 4. The summed E-state index contributed by atoms with van der Waals surface area (Å²) >= 11 is 1.80. The Bertz CT molecular complexity index is 402. The Kier molecular flexibility index (Phi) is 6.14. The Hall–Kier alpha value is -1.24. The number of hydrogen-bond donors (Lipinski definition) is 1. The zero-order valence-electron chi connectivity index (χ0n) is 12.3. The Morgan fingerprint density at radius 1 is 1.32 bits per heavy atom. The lowest BCUT2D eigenvalue weighted by atomic mass is 10.2. The fraction of sp³-hybridized carbons (Fsp3) is 0.750. The van der Waals surface area contributed by atoms with Gasteiger partial charge in [-0.05, 0) is 26.5 Å². The van der Waals surface area contributed by atoms with Crippen LogP contribution in [0.5, 0.6) is 6.01 Å². The quantitative estimate of drug-likeness (QED) is 0.818. The monoisotopic (exact) mass is 285 g/mol. The standard InChI is InChI=1S/C12H23N5OS/c1-6-9(7-19-5)17(4)11-14-10(13)15-12(16-11)18-8(2)3/h8-9H,6-7H2,1-5H3,(H2,13,14,15,16). The largest absolute Gasteiger partial charge is 0.461 e. The first-order valence-electron chi connectivity index (χ1n) is 6.37. The van der Waals surface area contributed by atoms with Crippen LogP contribution >= 0.6 is 11.8 Å². The molecule has 1 aromatic heterocycles. The molecule has 0 aliphatic heterocycles. The smallest absolute Gasteiger partial charge is 0.323 e. The van der Waals surface area contributed by atoms with Gasteiger partial charge in [0.15, 0.2) is 0 Å². The van der Waals surface area contributed by atoms with E-state index in [1.54, 1.807) is 11.8 Å². The van der Waals surface area contributed by atoms with E-state index in [1.807, 2.05) is 25.8 Å². The van der Waals surface area contributed by atoms with Crippen molar-refractivity contribution in [1.29, 1.82) is 0 Å². The molecule has 0 radical (unpaired) electrons. The molecule has 1 rings (SSSR count). The van der Waals surface area contributed by atoms with Gasteiger partial charge in [-0.3, -0.25) is 0 Å².